The van der Waals surface area contributed by atoms with Gasteiger partial charge in [-0.1, -0.05) is 42.8 Å². The van der Waals surface area contributed by atoms with E-state index in [2.05, 4.69) is 16.0 Å². The number of amides is 3. The first kappa shape index (κ1) is 25.5. The van der Waals surface area contributed by atoms with Crippen molar-refractivity contribution in [2.75, 3.05) is 19.6 Å². The number of para-hydroxylation sites is 2. The van der Waals surface area contributed by atoms with Crippen LogP contribution in [-0.2, 0) is 0 Å². The molecule has 0 radical (unpaired) electrons. The second-order valence-corrected chi connectivity index (χ2v) is 7.45. The third kappa shape index (κ3) is 12.0. The molecule has 9 nitrogen and oxygen atoms in total. The number of hydrogen-bond donors (Lipinski definition) is 4. The van der Waals surface area contributed by atoms with E-state index in [0.29, 0.717) is 37.6 Å². The van der Waals surface area contributed by atoms with E-state index in [1.807, 2.05) is 12.1 Å². The number of carbonyl (C=O) groups is 3. The molecule has 0 aliphatic rings. The molecule has 4 N–H and O–H groups in total. The van der Waals surface area contributed by atoms with Crippen molar-refractivity contribution in [3.63, 3.8) is 0 Å². The highest BCUT2D eigenvalue weighted by Gasteiger charge is 2.12. The summed E-state index contributed by atoms with van der Waals surface area (Å²) in [6, 6.07) is 17.6. The Morgan fingerprint density at radius 3 is 1.79 bits per heavy atom. The fourth-order valence-corrected chi connectivity index (χ4v) is 3.17. The Labute approximate surface area is 193 Å². The third-order valence-corrected chi connectivity index (χ3v) is 4.82. The van der Waals surface area contributed by atoms with Crippen LogP contribution < -0.4 is 25.4 Å². The summed E-state index contributed by atoms with van der Waals surface area (Å²) in [5.41, 5.74) is 0. The molecule has 1 unspecified atom stereocenters. The monoisotopic (exact) mass is 457 g/mol. The molecule has 1 atom stereocenters. The van der Waals surface area contributed by atoms with Crippen molar-refractivity contribution in [1.82, 2.24) is 16.0 Å². The molecule has 178 valence electrons. The summed E-state index contributed by atoms with van der Waals surface area (Å²) in [5.74, 6) is 1.10. The third-order valence-electron chi connectivity index (χ3n) is 4.82. The van der Waals surface area contributed by atoms with Gasteiger partial charge in [0.15, 0.2) is 0 Å². The summed E-state index contributed by atoms with van der Waals surface area (Å²) in [4.78, 5) is 34.5. The Morgan fingerprint density at radius 2 is 1.21 bits per heavy atom. The van der Waals surface area contributed by atoms with Crippen molar-refractivity contribution in [1.29, 1.82) is 0 Å². The first-order valence-electron chi connectivity index (χ1n) is 11.0. The van der Waals surface area contributed by atoms with Crippen molar-refractivity contribution in [2.45, 2.75) is 32.1 Å². The zero-order valence-corrected chi connectivity index (χ0v) is 18.5. The molecular formula is C24H31N3O6. The molecule has 0 fully saturated rings. The smallest absolute Gasteiger partial charge is 0.412 e. The predicted octanol–water partition coefficient (Wildman–Crippen LogP) is 4.40. The summed E-state index contributed by atoms with van der Waals surface area (Å²) in [6.45, 7) is 1.25. The van der Waals surface area contributed by atoms with Gasteiger partial charge in [-0.25, -0.2) is 14.4 Å². The van der Waals surface area contributed by atoms with E-state index in [0.717, 1.165) is 25.7 Å². The van der Waals surface area contributed by atoms with E-state index in [1.165, 1.54) is 0 Å². The van der Waals surface area contributed by atoms with Crippen LogP contribution in [0.1, 0.15) is 32.1 Å². The summed E-state index contributed by atoms with van der Waals surface area (Å²) in [6.07, 6.45) is 1.73. The van der Waals surface area contributed by atoms with Gasteiger partial charge in [0.2, 0.25) is 0 Å². The fraction of sp³-hybridized carbons (Fsp3) is 0.375. The lowest BCUT2D eigenvalue weighted by molar-refractivity contribution is 0.193. The zero-order chi connectivity index (χ0) is 23.7. The molecule has 2 aromatic carbocycles. The molecule has 0 aliphatic heterocycles. The normalized spacial score (nSPS) is 11.2. The molecule has 0 bridgehead atoms. The van der Waals surface area contributed by atoms with Crippen LogP contribution >= 0.6 is 0 Å². The second-order valence-electron chi connectivity index (χ2n) is 7.45. The fourth-order valence-electron chi connectivity index (χ4n) is 3.17. The van der Waals surface area contributed by atoms with Crippen molar-refractivity contribution in [3.05, 3.63) is 60.7 Å². The molecule has 2 aromatic rings. The molecule has 0 saturated carbocycles. The maximum Gasteiger partial charge on any atom is 0.412 e. The topological polar surface area (TPSA) is 126 Å². The van der Waals surface area contributed by atoms with Gasteiger partial charge in [-0.3, -0.25) is 0 Å². The van der Waals surface area contributed by atoms with Gasteiger partial charge in [0, 0.05) is 19.6 Å². The van der Waals surface area contributed by atoms with Crippen molar-refractivity contribution in [3.8, 4) is 11.5 Å². The lowest BCUT2D eigenvalue weighted by Gasteiger charge is -2.18. The van der Waals surface area contributed by atoms with E-state index in [9.17, 15) is 14.4 Å². The van der Waals surface area contributed by atoms with Gasteiger partial charge in [0.05, 0.1) is 0 Å². The minimum Gasteiger partial charge on any atom is -0.465 e. The van der Waals surface area contributed by atoms with Gasteiger partial charge >= 0.3 is 18.3 Å². The summed E-state index contributed by atoms with van der Waals surface area (Å²) in [5, 5.41) is 16.6. The van der Waals surface area contributed by atoms with Gasteiger partial charge < -0.3 is 30.5 Å². The zero-order valence-electron chi connectivity index (χ0n) is 18.5. The van der Waals surface area contributed by atoms with Gasteiger partial charge in [0.1, 0.15) is 11.5 Å². The standard InChI is InChI=1S/C24H31N3O6/c28-22(29)25-17-9-11-19(18-27-24(31)33-21-14-5-2-6-15-21)10-7-8-16-26-23(30)32-20-12-3-1-4-13-20/h1-6,12-15,19,25H,7-11,16-18H2,(H,26,30)(H,27,31)(H,28,29). The van der Waals surface area contributed by atoms with E-state index in [4.69, 9.17) is 14.6 Å². The van der Waals surface area contributed by atoms with Crippen LogP contribution in [0.5, 0.6) is 11.5 Å². The van der Waals surface area contributed by atoms with E-state index >= 15 is 0 Å². The van der Waals surface area contributed by atoms with E-state index < -0.39 is 18.3 Å². The Bertz CT molecular complexity index is 848. The highest BCUT2D eigenvalue weighted by molar-refractivity contribution is 5.70. The van der Waals surface area contributed by atoms with Gasteiger partial charge in [0.25, 0.3) is 0 Å². The highest BCUT2D eigenvalue weighted by Crippen LogP contribution is 2.15. The Morgan fingerprint density at radius 1 is 0.697 bits per heavy atom. The van der Waals surface area contributed by atoms with E-state index in [1.54, 1.807) is 48.5 Å². The number of rotatable bonds is 13. The van der Waals surface area contributed by atoms with Gasteiger partial charge in [-0.2, -0.15) is 0 Å². The quantitative estimate of drug-likeness (QED) is 0.330. The molecule has 0 spiro atoms. The average molecular weight is 458 g/mol. The maximum atomic E-state index is 12.1. The van der Waals surface area contributed by atoms with Crippen molar-refractivity contribution >= 4 is 18.3 Å². The van der Waals surface area contributed by atoms with Crippen LogP contribution in [-0.4, -0.2) is 43.0 Å². The van der Waals surface area contributed by atoms with Crippen molar-refractivity contribution < 1.29 is 29.0 Å². The Kier molecular flexibility index (Phi) is 11.7. The summed E-state index contributed by atoms with van der Waals surface area (Å²) < 4.78 is 10.4. The lowest BCUT2D eigenvalue weighted by atomic mass is 9.96. The van der Waals surface area contributed by atoms with Crippen LogP contribution in [0.2, 0.25) is 0 Å². The van der Waals surface area contributed by atoms with Crippen LogP contribution in [0.3, 0.4) is 0 Å². The Hall–Kier alpha value is -3.75. The van der Waals surface area contributed by atoms with Crippen LogP contribution in [0.15, 0.2) is 60.7 Å². The second kappa shape index (κ2) is 15.1. The SMILES string of the molecule is O=C(O)NCCCC(CCCCNC(=O)Oc1ccccc1)CNC(=O)Oc1ccccc1. The summed E-state index contributed by atoms with van der Waals surface area (Å²) in [7, 11) is 0. The number of nitrogens with one attached hydrogen (secondary N) is 3. The Balaban J connectivity index is 1.68. The molecule has 0 heterocycles. The number of unbranched alkanes of at least 4 members (excludes halogenated alkanes) is 1. The first-order valence-corrected chi connectivity index (χ1v) is 11.0. The largest absolute Gasteiger partial charge is 0.465 e. The number of ether oxygens (including phenoxy) is 2. The minimum absolute atomic E-state index is 0.153. The van der Waals surface area contributed by atoms with Crippen LogP contribution in [0, 0.1) is 5.92 Å². The van der Waals surface area contributed by atoms with Crippen LogP contribution in [0.4, 0.5) is 14.4 Å². The molecular weight excluding hydrogens is 426 g/mol. The average Bonchev–Trinajstić information content (AvgIpc) is 2.80. The minimum atomic E-state index is -1.05. The first-order chi connectivity index (χ1) is 16.0. The predicted molar refractivity (Wildman–Crippen MR) is 124 cm³/mol. The molecule has 2 rings (SSSR count). The van der Waals surface area contributed by atoms with Gasteiger partial charge in [-0.15, -0.1) is 0 Å². The molecule has 0 aliphatic carbocycles. The number of hydrogen-bond acceptors (Lipinski definition) is 5. The number of carbonyl (C=O) groups excluding carboxylic acids is 2. The maximum absolute atomic E-state index is 12.1. The molecule has 3 amide bonds. The molecule has 0 aromatic heterocycles. The van der Waals surface area contributed by atoms with E-state index in [-0.39, 0.29) is 5.92 Å². The molecule has 9 heteroatoms. The lowest BCUT2D eigenvalue weighted by Crippen LogP contribution is -2.32. The van der Waals surface area contributed by atoms with Crippen molar-refractivity contribution in [2.24, 2.45) is 5.92 Å². The number of carboxylic acid groups (broad SMARTS) is 1. The highest BCUT2D eigenvalue weighted by atomic mass is 16.6. The molecule has 0 saturated heterocycles. The number of benzene rings is 2. The molecule has 33 heavy (non-hydrogen) atoms. The van der Waals surface area contributed by atoms with Gasteiger partial charge in [-0.05, 0) is 55.9 Å². The summed E-state index contributed by atoms with van der Waals surface area (Å²) >= 11 is 0. The van der Waals surface area contributed by atoms with Crippen LogP contribution in [0.25, 0.3) is 0 Å².